The Balaban J connectivity index is 1.75. The van der Waals surface area contributed by atoms with Gasteiger partial charge in [0.2, 0.25) is 0 Å². The lowest BCUT2D eigenvalue weighted by Crippen LogP contribution is -2.03. The van der Waals surface area contributed by atoms with Crippen LogP contribution in [0.3, 0.4) is 0 Å². The van der Waals surface area contributed by atoms with Gasteiger partial charge in [0.05, 0.1) is 23.0 Å². The standard InChI is InChI=1S/C28H26O4S/c29-15-17-31-25-13-11-23(21-7-3-1-4-8-21)19-27(25)33-28-20-24(22-9-5-2-6-10-22)12-14-26(28)32-18-16-30/h1-14,19-20,29-30H,15-18H2. The molecule has 0 unspecified atom stereocenters. The molecule has 0 heterocycles. The Morgan fingerprint density at radius 2 is 0.939 bits per heavy atom. The Kier molecular flexibility index (Phi) is 8.04. The second kappa shape index (κ2) is 11.6. The third-order valence-electron chi connectivity index (χ3n) is 5.02. The van der Waals surface area contributed by atoms with Crippen LogP contribution in [0.4, 0.5) is 0 Å². The molecule has 0 bridgehead atoms. The Hall–Kier alpha value is -3.25. The molecule has 0 spiro atoms. The first kappa shape index (κ1) is 22.9. The second-order valence-corrected chi connectivity index (χ2v) is 8.39. The maximum atomic E-state index is 9.27. The molecule has 168 valence electrons. The van der Waals surface area contributed by atoms with E-state index in [1.54, 1.807) is 11.8 Å². The average Bonchev–Trinajstić information content (AvgIpc) is 2.88. The monoisotopic (exact) mass is 458 g/mol. The highest BCUT2D eigenvalue weighted by molar-refractivity contribution is 7.99. The molecule has 0 aromatic heterocycles. The molecule has 33 heavy (non-hydrogen) atoms. The number of aliphatic hydroxyl groups is 2. The van der Waals surface area contributed by atoms with Gasteiger partial charge in [-0.3, -0.25) is 0 Å². The van der Waals surface area contributed by atoms with Crippen LogP contribution < -0.4 is 9.47 Å². The molecule has 0 aliphatic rings. The lowest BCUT2D eigenvalue weighted by molar-refractivity contribution is 0.198. The smallest absolute Gasteiger partial charge is 0.133 e. The molecule has 0 saturated heterocycles. The van der Waals surface area contributed by atoms with Crippen molar-refractivity contribution in [1.82, 2.24) is 0 Å². The van der Waals surface area contributed by atoms with Crippen LogP contribution >= 0.6 is 11.8 Å². The van der Waals surface area contributed by atoms with Crippen LogP contribution in [0.15, 0.2) is 107 Å². The van der Waals surface area contributed by atoms with E-state index in [1.165, 1.54) is 0 Å². The number of ether oxygens (including phenoxy) is 2. The highest BCUT2D eigenvalue weighted by Gasteiger charge is 2.14. The molecule has 4 aromatic carbocycles. The van der Waals surface area contributed by atoms with Gasteiger partial charge in [-0.1, -0.05) is 84.6 Å². The third kappa shape index (κ3) is 5.96. The minimum absolute atomic E-state index is 0.0567. The van der Waals surface area contributed by atoms with Crippen molar-refractivity contribution in [3.63, 3.8) is 0 Å². The first-order valence-electron chi connectivity index (χ1n) is 10.8. The van der Waals surface area contributed by atoms with Crippen molar-refractivity contribution in [3.8, 4) is 33.8 Å². The van der Waals surface area contributed by atoms with E-state index in [0.29, 0.717) is 11.5 Å². The van der Waals surface area contributed by atoms with E-state index in [4.69, 9.17) is 9.47 Å². The first-order valence-corrected chi connectivity index (χ1v) is 11.6. The van der Waals surface area contributed by atoms with Crippen LogP contribution in [0, 0.1) is 0 Å². The summed E-state index contributed by atoms with van der Waals surface area (Å²) >= 11 is 1.55. The topological polar surface area (TPSA) is 58.9 Å². The predicted molar refractivity (Wildman–Crippen MR) is 133 cm³/mol. The van der Waals surface area contributed by atoms with E-state index in [-0.39, 0.29) is 26.4 Å². The van der Waals surface area contributed by atoms with Crippen LogP contribution in [0.2, 0.25) is 0 Å². The fourth-order valence-corrected chi connectivity index (χ4v) is 4.53. The Morgan fingerprint density at radius 3 is 1.33 bits per heavy atom. The molecule has 0 radical (unpaired) electrons. The van der Waals surface area contributed by atoms with E-state index in [2.05, 4.69) is 36.4 Å². The summed E-state index contributed by atoms with van der Waals surface area (Å²) in [5, 5.41) is 18.5. The van der Waals surface area contributed by atoms with E-state index < -0.39 is 0 Å². The zero-order valence-electron chi connectivity index (χ0n) is 18.2. The lowest BCUT2D eigenvalue weighted by atomic mass is 10.1. The second-order valence-electron chi connectivity index (χ2n) is 7.30. The summed E-state index contributed by atoms with van der Waals surface area (Å²) in [6.07, 6.45) is 0. The first-order chi connectivity index (χ1) is 16.3. The summed E-state index contributed by atoms with van der Waals surface area (Å²) in [6, 6.07) is 32.5. The average molecular weight is 459 g/mol. The summed E-state index contributed by atoms with van der Waals surface area (Å²) in [6.45, 7) is 0.324. The number of benzene rings is 4. The number of aliphatic hydroxyl groups excluding tert-OH is 2. The molecule has 0 aliphatic heterocycles. The Morgan fingerprint density at radius 1 is 0.515 bits per heavy atom. The van der Waals surface area contributed by atoms with Crippen LogP contribution in [-0.4, -0.2) is 36.6 Å². The van der Waals surface area contributed by atoms with Crippen LogP contribution in [-0.2, 0) is 0 Å². The van der Waals surface area contributed by atoms with Crippen LogP contribution in [0.1, 0.15) is 0 Å². The van der Waals surface area contributed by atoms with Gasteiger partial charge in [0, 0.05) is 0 Å². The summed E-state index contributed by atoms with van der Waals surface area (Å²) in [7, 11) is 0. The summed E-state index contributed by atoms with van der Waals surface area (Å²) in [4.78, 5) is 1.84. The minimum Gasteiger partial charge on any atom is -0.490 e. The van der Waals surface area contributed by atoms with Gasteiger partial charge in [0.15, 0.2) is 0 Å². The fraction of sp³-hybridized carbons (Fsp3) is 0.143. The number of hydrogen-bond donors (Lipinski definition) is 2. The summed E-state index contributed by atoms with van der Waals surface area (Å²) < 4.78 is 11.7. The third-order valence-corrected chi connectivity index (χ3v) is 6.10. The maximum Gasteiger partial charge on any atom is 0.133 e. The number of rotatable bonds is 10. The van der Waals surface area contributed by atoms with Crippen molar-refractivity contribution in [2.75, 3.05) is 26.4 Å². The van der Waals surface area contributed by atoms with Crippen molar-refractivity contribution >= 4 is 11.8 Å². The SMILES string of the molecule is OCCOc1ccc(-c2ccccc2)cc1Sc1cc(-c2ccccc2)ccc1OCCO. The van der Waals surface area contributed by atoms with Gasteiger partial charge in [0.25, 0.3) is 0 Å². The van der Waals surface area contributed by atoms with Gasteiger partial charge < -0.3 is 19.7 Å². The van der Waals surface area contributed by atoms with Crippen molar-refractivity contribution in [3.05, 3.63) is 97.1 Å². The zero-order valence-corrected chi connectivity index (χ0v) is 19.0. The largest absolute Gasteiger partial charge is 0.490 e. The Bertz CT molecular complexity index is 1070. The highest BCUT2D eigenvalue weighted by Crippen LogP contribution is 2.43. The van der Waals surface area contributed by atoms with E-state index in [1.807, 2.05) is 60.7 Å². The lowest BCUT2D eigenvalue weighted by Gasteiger charge is -2.16. The summed E-state index contributed by atoms with van der Waals surface area (Å²) in [5.74, 6) is 1.40. The minimum atomic E-state index is -0.0567. The molecule has 2 N–H and O–H groups in total. The highest BCUT2D eigenvalue weighted by atomic mass is 32.2. The fourth-order valence-electron chi connectivity index (χ4n) is 3.46. The van der Waals surface area contributed by atoms with Crippen LogP contribution in [0.25, 0.3) is 22.3 Å². The molecule has 0 atom stereocenters. The van der Waals surface area contributed by atoms with Crippen molar-refractivity contribution in [2.45, 2.75) is 9.79 Å². The van der Waals surface area contributed by atoms with Gasteiger partial charge in [-0.05, 0) is 46.5 Å². The zero-order chi connectivity index (χ0) is 22.9. The maximum absolute atomic E-state index is 9.27. The molecule has 5 heteroatoms. The molecule has 4 rings (SSSR count). The van der Waals surface area contributed by atoms with Crippen LogP contribution in [0.5, 0.6) is 11.5 Å². The predicted octanol–water partition coefficient (Wildman–Crippen LogP) is 5.91. The van der Waals surface area contributed by atoms with Gasteiger partial charge in [-0.2, -0.15) is 0 Å². The summed E-state index contributed by atoms with van der Waals surface area (Å²) in [5.41, 5.74) is 4.38. The quantitative estimate of drug-likeness (QED) is 0.309. The van der Waals surface area contributed by atoms with Crippen molar-refractivity contribution in [2.24, 2.45) is 0 Å². The van der Waals surface area contributed by atoms with E-state index in [9.17, 15) is 10.2 Å². The molecule has 4 aromatic rings. The molecule has 0 amide bonds. The van der Waals surface area contributed by atoms with Gasteiger partial charge in [-0.25, -0.2) is 0 Å². The normalized spacial score (nSPS) is 10.7. The van der Waals surface area contributed by atoms with Crippen molar-refractivity contribution in [1.29, 1.82) is 0 Å². The van der Waals surface area contributed by atoms with Crippen molar-refractivity contribution < 1.29 is 19.7 Å². The van der Waals surface area contributed by atoms with Gasteiger partial charge >= 0.3 is 0 Å². The molecule has 0 fully saturated rings. The van der Waals surface area contributed by atoms with Gasteiger partial charge in [-0.15, -0.1) is 0 Å². The molecule has 4 nitrogen and oxygen atoms in total. The Labute approximate surface area is 198 Å². The molecule has 0 saturated carbocycles. The number of hydrogen-bond acceptors (Lipinski definition) is 5. The van der Waals surface area contributed by atoms with E-state index >= 15 is 0 Å². The van der Waals surface area contributed by atoms with Gasteiger partial charge in [0.1, 0.15) is 24.7 Å². The van der Waals surface area contributed by atoms with E-state index in [0.717, 1.165) is 32.0 Å². The molecular weight excluding hydrogens is 432 g/mol. The molecule has 0 aliphatic carbocycles. The molecular formula is C28H26O4S.